The topological polar surface area (TPSA) is 114 Å². The zero-order valence-electron chi connectivity index (χ0n) is 22.3. The molecule has 1 heterocycles. The van der Waals surface area contributed by atoms with Crippen LogP contribution in [0.25, 0.3) is 0 Å². The van der Waals surface area contributed by atoms with Crippen LogP contribution in [0.2, 0.25) is 0 Å². The summed E-state index contributed by atoms with van der Waals surface area (Å²) in [7, 11) is -2.36. The fourth-order valence-corrected chi connectivity index (χ4v) is 6.42. The first-order valence-corrected chi connectivity index (χ1v) is 15.0. The second-order valence-corrected chi connectivity index (χ2v) is 11.8. The van der Waals surface area contributed by atoms with E-state index in [4.69, 9.17) is 14.2 Å². The quantitative estimate of drug-likeness (QED) is 0.409. The predicted octanol–water partition coefficient (Wildman–Crippen LogP) is 3.56. The molecule has 9 nitrogen and oxygen atoms in total. The number of hydrogen-bond donors (Lipinski definition) is 2. The van der Waals surface area contributed by atoms with Crippen LogP contribution in [-0.2, 0) is 24.3 Å². The van der Waals surface area contributed by atoms with Crippen molar-refractivity contribution in [2.75, 3.05) is 33.4 Å². The summed E-state index contributed by atoms with van der Waals surface area (Å²) in [6.45, 7) is -0.373. The van der Waals surface area contributed by atoms with Crippen molar-refractivity contribution in [3.05, 3.63) is 72.0 Å². The summed E-state index contributed by atoms with van der Waals surface area (Å²) in [5, 5.41) is 12.6. The van der Waals surface area contributed by atoms with Crippen molar-refractivity contribution in [1.82, 2.24) is 9.62 Å². The summed E-state index contributed by atoms with van der Waals surface area (Å²) in [4.78, 5) is 13.2. The molecule has 1 amide bonds. The maximum Gasteiger partial charge on any atom is 0.286 e. The van der Waals surface area contributed by atoms with Gasteiger partial charge in [0.25, 0.3) is 5.91 Å². The molecule has 2 N–H and O–H groups in total. The molecule has 0 aromatic heterocycles. The first-order valence-electron chi connectivity index (χ1n) is 13.5. The average Bonchev–Trinajstić information content (AvgIpc) is 2.97. The van der Waals surface area contributed by atoms with E-state index in [1.165, 1.54) is 30.0 Å². The smallest absolute Gasteiger partial charge is 0.286 e. The van der Waals surface area contributed by atoms with Gasteiger partial charge in [-0.3, -0.25) is 4.79 Å². The summed E-state index contributed by atoms with van der Waals surface area (Å²) < 4.78 is 44.7. The zero-order valence-corrected chi connectivity index (χ0v) is 23.1. The van der Waals surface area contributed by atoms with Crippen LogP contribution >= 0.6 is 0 Å². The number of nitrogens with one attached hydrogen (secondary N) is 1. The molecule has 1 aliphatic heterocycles. The van der Waals surface area contributed by atoms with Crippen LogP contribution in [0.3, 0.4) is 0 Å². The van der Waals surface area contributed by atoms with Crippen molar-refractivity contribution in [2.24, 2.45) is 0 Å². The number of hydrogen-bond acceptors (Lipinski definition) is 7. The Balaban J connectivity index is 1.42. The fraction of sp³-hybridized carbons (Fsp3) is 0.483. The van der Waals surface area contributed by atoms with E-state index in [0.29, 0.717) is 12.2 Å². The third-order valence-electron chi connectivity index (χ3n) is 7.14. The van der Waals surface area contributed by atoms with E-state index in [0.717, 1.165) is 31.2 Å². The van der Waals surface area contributed by atoms with Crippen LogP contribution < -0.4 is 10.1 Å². The minimum absolute atomic E-state index is 0.0120. The molecule has 212 valence electrons. The third-order valence-corrected chi connectivity index (χ3v) is 9.05. The number of benzene rings is 2. The van der Waals surface area contributed by atoms with Gasteiger partial charge in [0.2, 0.25) is 16.3 Å². The van der Waals surface area contributed by atoms with Gasteiger partial charge in [0.05, 0.1) is 25.2 Å². The number of amides is 1. The number of carbonyl (C=O) groups is 1. The molecule has 39 heavy (non-hydrogen) atoms. The molecule has 0 spiro atoms. The molecule has 0 radical (unpaired) electrons. The molecular weight excluding hydrogens is 520 g/mol. The molecular formula is C29H38N2O7S. The Bertz CT molecular complexity index is 1200. The third kappa shape index (κ3) is 7.82. The van der Waals surface area contributed by atoms with E-state index in [9.17, 15) is 18.3 Å². The number of methoxy groups -OCH3 is 1. The van der Waals surface area contributed by atoms with Crippen molar-refractivity contribution < 1.29 is 32.5 Å². The summed E-state index contributed by atoms with van der Waals surface area (Å²) in [5.74, 6) is 0.433. The standard InChI is InChI=1S/C29H38N2O7S/c1-36-25-12-14-26(15-13-25)39(34,35)31(16-18-32)17-19-37-28-21-23(22-8-4-2-5-9-22)20-27(38-28)29(33)30-24-10-6-3-7-11-24/h2,4-5,8-9,12-15,20,23-24,28,32H,3,6-7,10-11,16-19,21H2,1H3,(H,30,33)/t23-,28+/m0/s1. The largest absolute Gasteiger partial charge is 0.497 e. The molecule has 1 aliphatic carbocycles. The predicted molar refractivity (Wildman–Crippen MR) is 147 cm³/mol. The summed E-state index contributed by atoms with van der Waals surface area (Å²) in [6.07, 6.45) is 6.93. The molecule has 0 bridgehead atoms. The lowest BCUT2D eigenvalue weighted by Gasteiger charge is -2.31. The van der Waals surface area contributed by atoms with E-state index in [2.05, 4.69) is 5.32 Å². The highest BCUT2D eigenvalue weighted by Crippen LogP contribution is 2.32. The maximum absolute atomic E-state index is 13.2. The van der Waals surface area contributed by atoms with Gasteiger partial charge in [0, 0.05) is 31.5 Å². The van der Waals surface area contributed by atoms with Gasteiger partial charge in [-0.15, -0.1) is 0 Å². The van der Waals surface area contributed by atoms with Crippen LogP contribution in [0, 0.1) is 0 Å². The Kier molecular flexibility index (Phi) is 10.4. The maximum atomic E-state index is 13.2. The van der Waals surface area contributed by atoms with Crippen molar-refractivity contribution >= 4 is 15.9 Å². The van der Waals surface area contributed by atoms with Crippen molar-refractivity contribution in [3.8, 4) is 5.75 Å². The Labute approximate surface area is 230 Å². The molecule has 4 rings (SSSR count). The Hall–Kier alpha value is -2.92. The van der Waals surface area contributed by atoms with E-state index in [1.54, 1.807) is 12.1 Å². The normalized spacial score (nSPS) is 20.2. The zero-order chi connectivity index (χ0) is 27.7. The SMILES string of the molecule is COc1ccc(S(=O)(=O)N(CCO)CCO[C@H]2C[C@@H](c3ccccc3)C=C(C(=O)NC3CCCCC3)O2)cc1. The van der Waals surface area contributed by atoms with E-state index < -0.39 is 16.3 Å². The van der Waals surface area contributed by atoms with Crippen molar-refractivity contribution in [1.29, 1.82) is 0 Å². The van der Waals surface area contributed by atoms with E-state index in [1.807, 2.05) is 36.4 Å². The minimum Gasteiger partial charge on any atom is -0.497 e. The Morgan fingerprint density at radius 3 is 2.44 bits per heavy atom. The number of sulfonamides is 1. The Morgan fingerprint density at radius 2 is 1.77 bits per heavy atom. The van der Waals surface area contributed by atoms with Crippen LogP contribution in [-0.4, -0.2) is 69.5 Å². The van der Waals surface area contributed by atoms with Gasteiger partial charge in [-0.05, 0) is 48.7 Å². The first-order chi connectivity index (χ1) is 18.9. The van der Waals surface area contributed by atoms with Gasteiger partial charge in [-0.25, -0.2) is 8.42 Å². The minimum atomic E-state index is -3.86. The summed E-state index contributed by atoms with van der Waals surface area (Å²) >= 11 is 0. The number of ether oxygens (including phenoxy) is 3. The number of carbonyl (C=O) groups excluding carboxylic acids is 1. The molecule has 2 aromatic carbocycles. The molecule has 0 unspecified atom stereocenters. The molecule has 2 aromatic rings. The fourth-order valence-electron chi connectivity index (χ4n) is 5.00. The highest BCUT2D eigenvalue weighted by atomic mass is 32.2. The number of aliphatic hydroxyl groups excluding tert-OH is 1. The molecule has 2 atom stereocenters. The van der Waals surface area contributed by atoms with Gasteiger partial charge in [0.15, 0.2) is 5.76 Å². The lowest BCUT2D eigenvalue weighted by Crippen LogP contribution is -2.40. The summed E-state index contributed by atoms with van der Waals surface area (Å²) in [6, 6.07) is 16.1. The summed E-state index contributed by atoms with van der Waals surface area (Å²) in [5.41, 5.74) is 1.04. The number of nitrogens with zero attached hydrogens (tertiary/aromatic N) is 1. The highest BCUT2D eigenvalue weighted by Gasteiger charge is 2.31. The Morgan fingerprint density at radius 1 is 1.05 bits per heavy atom. The second kappa shape index (κ2) is 13.9. The lowest BCUT2D eigenvalue weighted by molar-refractivity contribution is -0.147. The first kappa shape index (κ1) is 29.1. The van der Waals surface area contributed by atoms with Crippen LogP contribution in [0.4, 0.5) is 0 Å². The lowest BCUT2D eigenvalue weighted by atomic mass is 9.92. The highest BCUT2D eigenvalue weighted by molar-refractivity contribution is 7.89. The second-order valence-electron chi connectivity index (χ2n) is 9.81. The molecule has 10 heteroatoms. The van der Waals surface area contributed by atoms with Gasteiger partial charge in [-0.1, -0.05) is 49.6 Å². The molecule has 1 fully saturated rings. The van der Waals surface area contributed by atoms with Crippen molar-refractivity contribution in [3.63, 3.8) is 0 Å². The molecule has 1 saturated carbocycles. The van der Waals surface area contributed by atoms with Crippen molar-refractivity contribution in [2.45, 2.75) is 61.7 Å². The van der Waals surface area contributed by atoms with Gasteiger partial charge < -0.3 is 24.6 Å². The van der Waals surface area contributed by atoms with E-state index in [-0.39, 0.29) is 54.8 Å². The monoisotopic (exact) mass is 558 g/mol. The van der Waals surface area contributed by atoms with E-state index >= 15 is 0 Å². The van der Waals surface area contributed by atoms with Gasteiger partial charge in [0.1, 0.15) is 5.75 Å². The number of aliphatic hydroxyl groups is 1. The van der Waals surface area contributed by atoms with Crippen LogP contribution in [0.15, 0.2) is 71.3 Å². The molecule has 0 saturated heterocycles. The average molecular weight is 559 g/mol. The van der Waals surface area contributed by atoms with Gasteiger partial charge >= 0.3 is 0 Å². The van der Waals surface area contributed by atoms with Crippen LogP contribution in [0.5, 0.6) is 5.75 Å². The number of rotatable bonds is 12. The number of allylic oxidation sites excluding steroid dienone is 1. The van der Waals surface area contributed by atoms with Gasteiger partial charge in [-0.2, -0.15) is 4.31 Å². The molecule has 2 aliphatic rings. The van der Waals surface area contributed by atoms with Crippen LogP contribution in [0.1, 0.15) is 50.0 Å².